The molecule has 1 aliphatic rings. The number of hydrogen-bond acceptors (Lipinski definition) is 4. The predicted molar refractivity (Wildman–Crippen MR) is 90.0 cm³/mol. The molecule has 0 bridgehead atoms. The summed E-state index contributed by atoms with van der Waals surface area (Å²) in [6, 6.07) is 8.01. The third kappa shape index (κ3) is 2.42. The van der Waals surface area contributed by atoms with Gasteiger partial charge in [0.25, 0.3) is 5.56 Å². The van der Waals surface area contributed by atoms with E-state index >= 15 is 0 Å². The lowest BCUT2D eigenvalue weighted by Gasteiger charge is -2.05. The van der Waals surface area contributed by atoms with Gasteiger partial charge in [-0.2, -0.15) is 5.26 Å². The van der Waals surface area contributed by atoms with Crippen LogP contribution in [0.3, 0.4) is 0 Å². The molecule has 0 spiro atoms. The Morgan fingerprint density at radius 2 is 2.25 bits per heavy atom. The van der Waals surface area contributed by atoms with Gasteiger partial charge >= 0.3 is 0 Å². The molecule has 0 amide bonds. The van der Waals surface area contributed by atoms with Gasteiger partial charge in [-0.3, -0.25) is 9.20 Å². The van der Waals surface area contributed by atoms with Gasteiger partial charge in [0, 0.05) is 29.0 Å². The van der Waals surface area contributed by atoms with Crippen LogP contribution in [-0.4, -0.2) is 9.38 Å². The van der Waals surface area contributed by atoms with Crippen LogP contribution < -0.4 is 5.56 Å². The molecule has 0 atom stereocenters. The molecule has 1 aromatic carbocycles. The molecule has 2 heterocycles. The molecule has 1 aliphatic carbocycles. The van der Waals surface area contributed by atoms with Gasteiger partial charge in [-0.1, -0.05) is 12.1 Å². The molecule has 0 saturated heterocycles. The Hall–Kier alpha value is -2.52. The van der Waals surface area contributed by atoms with Crippen LogP contribution in [0.25, 0.3) is 4.96 Å². The van der Waals surface area contributed by atoms with Gasteiger partial charge in [0.2, 0.25) is 0 Å². The normalized spacial score (nSPS) is 14.0. The van der Waals surface area contributed by atoms with E-state index in [-0.39, 0.29) is 17.5 Å². The SMILES string of the molecule is Cc1sc2nc(Cc3cccc(C#N)c3F)cc(=O)n2c1C1CC1. The number of thiazole rings is 1. The second kappa shape index (κ2) is 5.53. The Labute approximate surface area is 141 Å². The summed E-state index contributed by atoms with van der Waals surface area (Å²) in [5.74, 6) is -0.0723. The average Bonchev–Trinajstić information content (AvgIpc) is 3.32. The van der Waals surface area contributed by atoms with Crippen LogP contribution in [0.1, 0.15) is 46.2 Å². The monoisotopic (exact) mass is 339 g/mol. The van der Waals surface area contributed by atoms with Crippen LogP contribution in [0.5, 0.6) is 0 Å². The summed E-state index contributed by atoms with van der Waals surface area (Å²) < 4.78 is 15.9. The van der Waals surface area contributed by atoms with Crippen LogP contribution in [0.2, 0.25) is 0 Å². The van der Waals surface area contributed by atoms with E-state index in [9.17, 15) is 9.18 Å². The number of nitriles is 1. The largest absolute Gasteiger partial charge is 0.269 e. The van der Waals surface area contributed by atoms with Crippen molar-refractivity contribution in [3.8, 4) is 6.07 Å². The molecule has 0 radical (unpaired) electrons. The Kier molecular flexibility index (Phi) is 3.47. The molecule has 3 aromatic rings. The Balaban J connectivity index is 1.79. The third-order valence-electron chi connectivity index (χ3n) is 4.32. The number of aryl methyl sites for hydroxylation is 1. The van der Waals surface area contributed by atoms with E-state index in [2.05, 4.69) is 4.98 Å². The number of rotatable bonds is 3. The highest BCUT2D eigenvalue weighted by Crippen LogP contribution is 2.43. The number of fused-ring (bicyclic) bond motifs is 1. The van der Waals surface area contributed by atoms with E-state index in [1.165, 1.54) is 23.5 Å². The first-order valence-corrected chi connectivity index (χ1v) is 8.59. The van der Waals surface area contributed by atoms with Crippen molar-refractivity contribution in [2.45, 2.75) is 32.1 Å². The lowest BCUT2D eigenvalue weighted by Crippen LogP contribution is -2.16. The molecule has 2 aromatic heterocycles. The molecule has 1 saturated carbocycles. The zero-order chi connectivity index (χ0) is 16.8. The molecule has 0 aliphatic heterocycles. The maximum Gasteiger partial charge on any atom is 0.258 e. The minimum absolute atomic E-state index is 0.00767. The van der Waals surface area contributed by atoms with Crippen molar-refractivity contribution in [3.05, 3.63) is 67.8 Å². The summed E-state index contributed by atoms with van der Waals surface area (Å²) in [5.41, 5.74) is 1.88. The van der Waals surface area contributed by atoms with Gasteiger partial charge in [0.1, 0.15) is 11.9 Å². The average molecular weight is 339 g/mol. The maximum absolute atomic E-state index is 14.2. The summed E-state index contributed by atoms with van der Waals surface area (Å²) in [5, 5.41) is 8.93. The molecule has 24 heavy (non-hydrogen) atoms. The van der Waals surface area contributed by atoms with Crippen LogP contribution in [-0.2, 0) is 6.42 Å². The Morgan fingerprint density at radius 1 is 1.46 bits per heavy atom. The van der Waals surface area contributed by atoms with Gasteiger partial charge in [0.15, 0.2) is 4.96 Å². The van der Waals surface area contributed by atoms with Crippen molar-refractivity contribution in [2.24, 2.45) is 0 Å². The molecule has 1 fully saturated rings. The second-order valence-electron chi connectivity index (χ2n) is 6.09. The van der Waals surface area contributed by atoms with Crippen molar-refractivity contribution in [1.29, 1.82) is 5.26 Å². The van der Waals surface area contributed by atoms with Crippen molar-refractivity contribution < 1.29 is 4.39 Å². The summed E-state index contributed by atoms with van der Waals surface area (Å²) >= 11 is 1.50. The number of benzene rings is 1. The Bertz CT molecular complexity index is 1060. The standard InChI is InChI=1S/C18H14FN3OS/c1-10-17(11-5-6-11)22-15(23)8-14(21-18(22)24-10)7-12-3-2-4-13(9-20)16(12)19/h2-4,8,11H,5-7H2,1H3. The van der Waals surface area contributed by atoms with Crippen LogP contribution >= 0.6 is 11.3 Å². The zero-order valence-electron chi connectivity index (χ0n) is 13.0. The van der Waals surface area contributed by atoms with Gasteiger partial charge in [0.05, 0.1) is 11.3 Å². The predicted octanol–water partition coefficient (Wildman–Crippen LogP) is 3.54. The van der Waals surface area contributed by atoms with Crippen molar-refractivity contribution in [2.75, 3.05) is 0 Å². The van der Waals surface area contributed by atoms with Crippen molar-refractivity contribution in [1.82, 2.24) is 9.38 Å². The molecular formula is C18H14FN3OS. The molecule has 120 valence electrons. The lowest BCUT2D eigenvalue weighted by molar-refractivity contribution is 0.609. The van der Waals surface area contributed by atoms with E-state index < -0.39 is 5.82 Å². The van der Waals surface area contributed by atoms with Gasteiger partial charge in [-0.25, -0.2) is 9.37 Å². The van der Waals surface area contributed by atoms with Crippen LogP contribution in [0, 0.1) is 24.1 Å². The number of halogens is 1. The van der Waals surface area contributed by atoms with E-state index in [4.69, 9.17) is 5.26 Å². The second-order valence-corrected chi connectivity index (χ2v) is 7.27. The van der Waals surface area contributed by atoms with Crippen molar-refractivity contribution in [3.63, 3.8) is 0 Å². The lowest BCUT2D eigenvalue weighted by atomic mass is 10.1. The van der Waals surface area contributed by atoms with Gasteiger partial charge in [-0.05, 0) is 31.4 Å². The highest BCUT2D eigenvalue weighted by Gasteiger charge is 2.30. The minimum atomic E-state index is -0.539. The minimum Gasteiger partial charge on any atom is -0.269 e. The van der Waals surface area contributed by atoms with E-state index in [1.807, 2.05) is 13.0 Å². The first kappa shape index (κ1) is 15.0. The zero-order valence-corrected chi connectivity index (χ0v) is 13.9. The first-order chi connectivity index (χ1) is 11.6. The fourth-order valence-corrected chi connectivity index (χ4v) is 4.14. The molecule has 4 nitrogen and oxygen atoms in total. The van der Waals surface area contributed by atoms with Gasteiger partial charge < -0.3 is 0 Å². The molecular weight excluding hydrogens is 325 g/mol. The fourth-order valence-electron chi connectivity index (χ4n) is 3.06. The molecule has 0 unspecified atom stereocenters. The molecule has 6 heteroatoms. The maximum atomic E-state index is 14.2. The summed E-state index contributed by atoms with van der Waals surface area (Å²) in [6.45, 7) is 2.02. The topological polar surface area (TPSA) is 58.2 Å². The molecule has 4 rings (SSSR count). The summed E-state index contributed by atoms with van der Waals surface area (Å²) in [7, 11) is 0. The van der Waals surface area contributed by atoms with E-state index in [1.54, 1.807) is 16.5 Å². The fraction of sp³-hybridized carbons (Fsp3) is 0.278. The number of nitrogens with zero attached hydrogens (tertiary/aromatic N) is 3. The highest BCUT2D eigenvalue weighted by molar-refractivity contribution is 7.17. The number of hydrogen-bond donors (Lipinski definition) is 0. The van der Waals surface area contributed by atoms with Crippen LogP contribution in [0.4, 0.5) is 4.39 Å². The number of aromatic nitrogens is 2. The highest BCUT2D eigenvalue weighted by atomic mass is 32.1. The quantitative estimate of drug-likeness (QED) is 0.733. The smallest absolute Gasteiger partial charge is 0.258 e. The van der Waals surface area contributed by atoms with Gasteiger partial charge in [-0.15, -0.1) is 11.3 Å². The Morgan fingerprint density at radius 3 is 2.96 bits per heavy atom. The summed E-state index contributed by atoms with van der Waals surface area (Å²) in [4.78, 5) is 18.9. The molecule has 0 N–H and O–H groups in total. The third-order valence-corrected chi connectivity index (χ3v) is 5.29. The summed E-state index contributed by atoms with van der Waals surface area (Å²) in [6.07, 6.45) is 2.43. The van der Waals surface area contributed by atoms with E-state index in [0.29, 0.717) is 22.1 Å². The first-order valence-electron chi connectivity index (χ1n) is 7.78. The van der Waals surface area contributed by atoms with E-state index in [0.717, 1.165) is 23.4 Å². The van der Waals surface area contributed by atoms with Crippen molar-refractivity contribution >= 4 is 16.3 Å². The van der Waals surface area contributed by atoms with Crippen LogP contribution in [0.15, 0.2) is 29.1 Å².